The number of nitrogens with zero attached hydrogens (tertiary/aromatic N) is 4. The summed E-state index contributed by atoms with van der Waals surface area (Å²) in [6.45, 7) is 4.17. The number of piperazine rings is 1. The molecule has 1 aliphatic rings. The third kappa shape index (κ3) is 6.75. The van der Waals surface area contributed by atoms with Crippen LogP contribution < -0.4 is 15.8 Å². The van der Waals surface area contributed by atoms with Crippen LogP contribution in [0.2, 0.25) is 5.02 Å². The van der Waals surface area contributed by atoms with Crippen molar-refractivity contribution in [3.05, 3.63) is 135 Å². The van der Waals surface area contributed by atoms with Gasteiger partial charge in [-0.05, 0) is 36.2 Å². The molecule has 3 heterocycles. The van der Waals surface area contributed by atoms with Crippen LogP contribution in [0.25, 0.3) is 16.5 Å². The van der Waals surface area contributed by atoms with Crippen LogP contribution in [0.4, 0.5) is 19.0 Å². The lowest BCUT2D eigenvalue weighted by molar-refractivity contribution is -0.137. The molecule has 0 saturated carbocycles. The van der Waals surface area contributed by atoms with Gasteiger partial charge in [0.15, 0.2) is 0 Å². The molecule has 242 valence electrons. The van der Waals surface area contributed by atoms with Gasteiger partial charge in [-0.1, -0.05) is 85.3 Å². The molecule has 11 heteroatoms. The Morgan fingerprint density at radius 2 is 1.53 bits per heavy atom. The fourth-order valence-corrected chi connectivity index (χ4v) is 6.42. The van der Waals surface area contributed by atoms with Crippen LogP contribution in [0.15, 0.2) is 102 Å². The first-order valence-electron chi connectivity index (χ1n) is 15.4. The fourth-order valence-electron chi connectivity index (χ4n) is 6.14. The smallest absolute Gasteiger partial charge is 0.353 e. The Labute approximate surface area is 275 Å². The van der Waals surface area contributed by atoms with E-state index < -0.39 is 11.7 Å². The van der Waals surface area contributed by atoms with Gasteiger partial charge < -0.3 is 10.2 Å². The summed E-state index contributed by atoms with van der Waals surface area (Å²) in [6, 6.07) is 26.8. The van der Waals surface area contributed by atoms with Gasteiger partial charge >= 0.3 is 6.18 Å². The average molecular weight is 660 g/mol. The Morgan fingerprint density at radius 1 is 0.915 bits per heavy atom. The number of hydrogen-bond donors (Lipinski definition) is 1. The number of carbonyl (C=O) groups excluding carboxylic acids is 1. The van der Waals surface area contributed by atoms with Crippen LogP contribution >= 0.6 is 11.6 Å². The number of hydrogen-bond acceptors (Lipinski definition) is 5. The predicted octanol–water partition coefficient (Wildman–Crippen LogP) is 7.26. The summed E-state index contributed by atoms with van der Waals surface area (Å²) in [6.07, 6.45) is -3.07. The quantitative estimate of drug-likeness (QED) is 0.190. The van der Waals surface area contributed by atoms with E-state index in [1.165, 1.54) is 0 Å². The zero-order chi connectivity index (χ0) is 33.1. The highest BCUT2D eigenvalue weighted by Crippen LogP contribution is 2.34. The van der Waals surface area contributed by atoms with Gasteiger partial charge in [-0.3, -0.25) is 19.1 Å². The number of fused-ring (bicyclic) bond motifs is 1. The molecule has 0 aliphatic carbocycles. The van der Waals surface area contributed by atoms with Gasteiger partial charge in [-0.15, -0.1) is 0 Å². The van der Waals surface area contributed by atoms with E-state index in [1.807, 2.05) is 84.6 Å². The Morgan fingerprint density at radius 3 is 2.15 bits per heavy atom. The maximum absolute atomic E-state index is 14.4. The number of pyridine rings is 2. The molecule has 0 spiro atoms. The van der Waals surface area contributed by atoms with Gasteiger partial charge in [0.25, 0.3) is 11.5 Å². The van der Waals surface area contributed by atoms with Gasteiger partial charge in [0.05, 0.1) is 27.9 Å². The van der Waals surface area contributed by atoms with E-state index in [-0.39, 0.29) is 34.9 Å². The number of alkyl halides is 3. The molecule has 47 heavy (non-hydrogen) atoms. The summed E-state index contributed by atoms with van der Waals surface area (Å²) in [5.41, 5.74) is 1.48. The molecule has 1 aliphatic heterocycles. The number of amides is 1. The normalized spacial score (nSPS) is 14.7. The highest BCUT2D eigenvalue weighted by Gasteiger charge is 2.33. The van der Waals surface area contributed by atoms with Crippen LogP contribution in [-0.4, -0.2) is 46.5 Å². The van der Waals surface area contributed by atoms with Crippen LogP contribution in [0.5, 0.6) is 0 Å². The van der Waals surface area contributed by atoms with Crippen molar-refractivity contribution in [2.24, 2.45) is 0 Å². The van der Waals surface area contributed by atoms with E-state index >= 15 is 0 Å². The van der Waals surface area contributed by atoms with Gasteiger partial charge in [0.1, 0.15) is 5.82 Å². The van der Waals surface area contributed by atoms with E-state index in [9.17, 15) is 22.8 Å². The van der Waals surface area contributed by atoms with E-state index in [0.29, 0.717) is 60.3 Å². The molecule has 0 bridgehead atoms. The van der Waals surface area contributed by atoms with Crippen molar-refractivity contribution in [2.45, 2.75) is 32.1 Å². The summed E-state index contributed by atoms with van der Waals surface area (Å²) < 4.78 is 41.2. The van der Waals surface area contributed by atoms with Crippen LogP contribution in [0.1, 0.15) is 46.6 Å². The molecule has 0 radical (unpaired) electrons. The molecule has 1 amide bonds. The minimum Gasteiger partial charge on any atom is -0.353 e. The van der Waals surface area contributed by atoms with Gasteiger partial charge in [0.2, 0.25) is 0 Å². The first-order valence-corrected chi connectivity index (χ1v) is 15.8. The number of halogens is 4. The van der Waals surface area contributed by atoms with Gasteiger partial charge in [0, 0.05) is 55.4 Å². The number of carbonyl (C=O) groups is 1. The van der Waals surface area contributed by atoms with Crippen molar-refractivity contribution in [3.63, 3.8) is 0 Å². The van der Waals surface area contributed by atoms with Crippen molar-refractivity contribution in [1.82, 2.24) is 19.8 Å². The Hall–Kier alpha value is -4.67. The number of anilines is 1. The lowest BCUT2D eigenvalue weighted by atomic mass is 9.99. The lowest BCUT2D eigenvalue weighted by Gasteiger charge is -2.36. The molecule has 2 aromatic heterocycles. The summed E-state index contributed by atoms with van der Waals surface area (Å²) in [4.78, 5) is 36.5. The molecule has 1 atom stereocenters. The molecular weight excluding hydrogens is 627 g/mol. The first-order chi connectivity index (χ1) is 22.7. The van der Waals surface area contributed by atoms with Crippen molar-refractivity contribution in [2.75, 3.05) is 31.1 Å². The lowest BCUT2D eigenvalue weighted by Crippen LogP contribution is -2.47. The maximum atomic E-state index is 14.4. The van der Waals surface area contributed by atoms with Crippen LogP contribution in [0, 0.1) is 0 Å². The zero-order valence-electron chi connectivity index (χ0n) is 25.7. The van der Waals surface area contributed by atoms with E-state index in [0.717, 1.165) is 17.8 Å². The van der Waals surface area contributed by atoms with Crippen molar-refractivity contribution >= 4 is 34.1 Å². The SMILES string of the molecule is CC[C@H](NC(=O)c1c(CN2CCN(c3ncc(C(F)(F)F)cc3Cl)CC2)n(-c2ccccc2)c(=O)c2ccccc12)c1ccccc1. The van der Waals surface area contributed by atoms with Crippen molar-refractivity contribution in [1.29, 1.82) is 0 Å². The molecule has 7 nitrogen and oxygen atoms in total. The van der Waals surface area contributed by atoms with E-state index in [2.05, 4.69) is 15.2 Å². The second-order valence-electron chi connectivity index (χ2n) is 11.5. The zero-order valence-corrected chi connectivity index (χ0v) is 26.4. The van der Waals surface area contributed by atoms with Crippen molar-refractivity contribution in [3.8, 4) is 5.69 Å². The minimum atomic E-state index is -4.54. The highest BCUT2D eigenvalue weighted by atomic mass is 35.5. The Balaban J connectivity index is 1.37. The predicted molar refractivity (Wildman–Crippen MR) is 178 cm³/mol. The first kappa shape index (κ1) is 32.3. The van der Waals surface area contributed by atoms with E-state index in [4.69, 9.17) is 11.6 Å². The number of para-hydroxylation sites is 1. The molecule has 0 unspecified atom stereocenters. The Kier molecular flexibility index (Phi) is 9.33. The molecule has 6 rings (SSSR count). The molecule has 5 aromatic rings. The average Bonchev–Trinajstić information content (AvgIpc) is 3.08. The molecule has 1 saturated heterocycles. The van der Waals surface area contributed by atoms with Crippen LogP contribution in [0.3, 0.4) is 0 Å². The number of nitrogens with one attached hydrogen (secondary N) is 1. The molecule has 1 fully saturated rings. The number of rotatable bonds is 8. The number of aromatic nitrogens is 2. The summed E-state index contributed by atoms with van der Waals surface area (Å²) in [5.74, 6) is 0.00811. The highest BCUT2D eigenvalue weighted by molar-refractivity contribution is 6.33. The number of benzene rings is 3. The summed E-state index contributed by atoms with van der Waals surface area (Å²) >= 11 is 6.25. The third-order valence-electron chi connectivity index (χ3n) is 8.54. The third-order valence-corrected chi connectivity index (χ3v) is 8.82. The topological polar surface area (TPSA) is 70.5 Å². The summed E-state index contributed by atoms with van der Waals surface area (Å²) in [7, 11) is 0. The van der Waals surface area contributed by atoms with Gasteiger partial charge in [-0.25, -0.2) is 4.98 Å². The molecule has 1 N–H and O–H groups in total. The fraction of sp³-hybridized carbons (Fsp3) is 0.250. The van der Waals surface area contributed by atoms with E-state index in [1.54, 1.807) is 16.7 Å². The Bertz CT molecular complexity index is 1940. The maximum Gasteiger partial charge on any atom is 0.417 e. The summed E-state index contributed by atoms with van der Waals surface area (Å²) in [5, 5.41) is 4.17. The van der Waals surface area contributed by atoms with Crippen molar-refractivity contribution < 1.29 is 18.0 Å². The monoisotopic (exact) mass is 659 g/mol. The van der Waals surface area contributed by atoms with Gasteiger partial charge in [-0.2, -0.15) is 13.2 Å². The second-order valence-corrected chi connectivity index (χ2v) is 11.9. The second kappa shape index (κ2) is 13.6. The standard InChI is InChI=1S/C36H33ClF3N5O2/c1-2-30(24-11-5-3-6-12-24)42-34(46)32-27-15-9-10-16-28(27)35(47)45(26-13-7-4-8-14-26)31(32)23-43-17-19-44(20-18-43)33-29(37)21-25(22-41-33)36(38,39)40/h3-16,21-22,30H,2,17-20,23H2,1H3,(H,42,46)/t30-/m0/s1. The largest absolute Gasteiger partial charge is 0.417 e. The van der Waals surface area contributed by atoms with Crippen LogP contribution in [-0.2, 0) is 12.7 Å². The molecule has 3 aromatic carbocycles. The minimum absolute atomic E-state index is 0.0661. The molecular formula is C36H33ClF3N5O2.